The fraction of sp³-hybridized carbons (Fsp3) is 0.700. The van der Waals surface area contributed by atoms with E-state index in [-0.39, 0.29) is 12.6 Å². The second kappa shape index (κ2) is 6.56. The van der Waals surface area contributed by atoms with Gasteiger partial charge in [0.15, 0.2) is 0 Å². The third-order valence-corrected chi connectivity index (χ3v) is 2.39. The number of rotatable bonds is 3. The van der Waals surface area contributed by atoms with Crippen LogP contribution in [0.4, 0.5) is 0 Å². The van der Waals surface area contributed by atoms with E-state index in [1.807, 2.05) is 0 Å². The molecule has 1 atom stereocenters. The van der Waals surface area contributed by atoms with Gasteiger partial charge in [-0.3, -0.25) is 0 Å². The highest BCUT2D eigenvalue weighted by molar-refractivity contribution is 5.89. The fourth-order valence-electron chi connectivity index (χ4n) is 1.65. The normalized spacial score (nSPS) is 26.1. The molecule has 0 aliphatic heterocycles. The Morgan fingerprint density at radius 1 is 1.43 bits per heavy atom. The summed E-state index contributed by atoms with van der Waals surface area (Å²) in [6.45, 7) is 0.665. The number of nitrogens with one attached hydrogen (secondary N) is 1. The molecule has 80 valence electrons. The summed E-state index contributed by atoms with van der Waals surface area (Å²) in [7, 11) is 0. The Labute approximate surface area is 84.3 Å². The highest BCUT2D eigenvalue weighted by atomic mass is 16.4. The van der Waals surface area contributed by atoms with Crippen molar-refractivity contribution in [2.24, 2.45) is 5.16 Å². The first-order valence-electron chi connectivity index (χ1n) is 5.08. The smallest absolute Gasteiger partial charge is 0.0742 e. The molecule has 0 heterocycles. The molecule has 0 fully saturated rings. The van der Waals surface area contributed by atoms with Crippen molar-refractivity contribution >= 4 is 5.71 Å². The Balaban J connectivity index is 2.52. The fourth-order valence-corrected chi connectivity index (χ4v) is 1.65. The van der Waals surface area contributed by atoms with Crippen LogP contribution in [0.5, 0.6) is 0 Å². The Kier molecular flexibility index (Phi) is 5.25. The maximum absolute atomic E-state index is 8.84. The molecule has 0 spiro atoms. The lowest BCUT2D eigenvalue weighted by molar-refractivity contribution is 0.285. The zero-order valence-corrected chi connectivity index (χ0v) is 8.32. The molecule has 0 saturated carbocycles. The highest BCUT2D eigenvalue weighted by Gasteiger charge is 2.15. The molecular formula is C10H18N2O2. The lowest BCUT2D eigenvalue weighted by Gasteiger charge is -2.19. The molecule has 14 heavy (non-hydrogen) atoms. The molecule has 0 aromatic heterocycles. The van der Waals surface area contributed by atoms with Crippen molar-refractivity contribution in [1.29, 1.82) is 0 Å². The standard InChI is InChI=1S/C10H18N2O2/c13-8-7-11-9-5-3-1-2-4-6-10(9)12-14/h1-2,9,11,13-14H,3-8H2/b2-1?,12-10+/t9-/m1/s1. The van der Waals surface area contributed by atoms with Gasteiger partial charge in [-0.15, -0.1) is 0 Å². The predicted molar refractivity (Wildman–Crippen MR) is 55.7 cm³/mol. The molecule has 1 aliphatic rings. The maximum atomic E-state index is 8.84. The van der Waals surface area contributed by atoms with Crippen molar-refractivity contribution in [3.8, 4) is 0 Å². The topological polar surface area (TPSA) is 64.8 Å². The minimum Gasteiger partial charge on any atom is -0.411 e. The summed E-state index contributed by atoms with van der Waals surface area (Å²) < 4.78 is 0. The first kappa shape index (κ1) is 11.2. The van der Waals surface area contributed by atoms with Crippen LogP contribution in [0.3, 0.4) is 0 Å². The number of oxime groups is 1. The molecule has 0 amide bonds. The number of hydrogen-bond acceptors (Lipinski definition) is 4. The Bertz CT molecular complexity index is 214. The molecule has 0 aromatic rings. The van der Waals surface area contributed by atoms with E-state index in [0.717, 1.165) is 31.4 Å². The number of aliphatic hydroxyl groups is 1. The molecule has 1 rings (SSSR count). The average Bonchev–Trinajstić information content (AvgIpc) is 2.17. The molecule has 0 aromatic carbocycles. The quantitative estimate of drug-likeness (QED) is 0.358. The van der Waals surface area contributed by atoms with Crippen molar-refractivity contribution < 1.29 is 10.3 Å². The predicted octanol–water partition coefficient (Wildman–Crippen LogP) is 0.897. The molecule has 3 N–H and O–H groups in total. The van der Waals surface area contributed by atoms with Gasteiger partial charge in [-0.1, -0.05) is 17.3 Å². The van der Waals surface area contributed by atoms with E-state index in [1.165, 1.54) is 0 Å². The van der Waals surface area contributed by atoms with Gasteiger partial charge >= 0.3 is 0 Å². The van der Waals surface area contributed by atoms with Gasteiger partial charge in [-0.25, -0.2) is 0 Å². The van der Waals surface area contributed by atoms with Gasteiger partial charge in [-0.2, -0.15) is 0 Å². The van der Waals surface area contributed by atoms with Gasteiger partial charge in [0.1, 0.15) is 0 Å². The summed E-state index contributed by atoms with van der Waals surface area (Å²) in [6, 6.07) is 0.108. The summed E-state index contributed by atoms with van der Waals surface area (Å²) in [5, 5.41) is 24.0. The maximum Gasteiger partial charge on any atom is 0.0742 e. The van der Waals surface area contributed by atoms with Gasteiger partial charge in [0.05, 0.1) is 12.3 Å². The van der Waals surface area contributed by atoms with Crippen molar-refractivity contribution in [3.05, 3.63) is 12.2 Å². The summed E-state index contributed by atoms with van der Waals surface area (Å²) in [5.74, 6) is 0. The van der Waals surface area contributed by atoms with Crippen molar-refractivity contribution in [3.63, 3.8) is 0 Å². The van der Waals surface area contributed by atoms with Gasteiger partial charge in [0.2, 0.25) is 0 Å². The zero-order valence-electron chi connectivity index (χ0n) is 8.32. The van der Waals surface area contributed by atoms with Crippen LogP contribution < -0.4 is 5.32 Å². The van der Waals surface area contributed by atoms with E-state index in [0.29, 0.717) is 6.54 Å². The lowest BCUT2D eigenvalue weighted by Crippen LogP contribution is -2.38. The summed E-state index contributed by atoms with van der Waals surface area (Å²) >= 11 is 0. The largest absolute Gasteiger partial charge is 0.411 e. The van der Waals surface area contributed by atoms with E-state index in [1.54, 1.807) is 0 Å². The van der Waals surface area contributed by atoms with Crippen molar-refractivity contribution in [2.45, 2.75) is 31.7 Å². The van der Waals surface area contributed by atoms with Crippen LogP contribution in [-0.2, 0) is 0 Å². The van der Waals surface area contributed by atoms with Crippen LogP contribution in [0.2, 0.25) is 0 Å². The monoisotopic (exact) mass is 198 g/mol. The van der Waals surface area contributed by atoms with E-state index >= 15 is 0 Å². The highest BCUT2D eigenvalue weighted by Crippen LogP contribution is 2.10. The van der Waals surface area contributed by atoms with Crippen LogP contribution in [0, 0.1) is 0 Å². The number of aliphatic hydroxyl groups excluding tert-OH is 1. The number of hydrogen-bond donors (Lipinski definition) is 3. The SMILES string of the molecule is OCCN[C@@H]1CCC=CCC/C1=N\O. The van der Waals surface area contributed by atoms with Gasteiger partial charge < -0.3 is 15.6 Å². The second-order valence-electron chi connectivity index (χ2n) is 3.41. The van der Waals surface area contributed by atoms with Crippen molar-refractivity contribution in [2.75, 3.05) is 13.2 Å². The first-order chi connectivity index (χ1) is 6.88. The minimum absolute atomic E-state index is 0.108. The van der Waals surface area contributed by atoms with E-state index < -0.39 is 0 Å². The molecule has 0 unspecified atom stereocenters. The van der Waals surface area contributed by atoms with E-state index in [2.05, 4.69) is 22.6 Å². The number of allylic oxidation sites excluding steroid dienone is 2. The third-order valence-electron chi connectivity index (χ3n) is 2.39. The second-order valence-corrected chi connectivity index (χ2v) is 3.41. The molecule has 0 radical (unpaired) electrons. The van der Waals surface area contributed by atoms with Crippen LogP contribution in [0.15, 0.2) is 17.3 Å². The Morgan fingerprint density at radius 3 is 2.93 bits per heavy atom. The van der Waals surface area contributed by atoms with E-state index in [4.69, 9.17) is 10.3 Å². The molecule has 0 saturated heterocycles. The van der Waals surface area contributed by atoms with Crippen LogP contribution in [0.1, 0.15) is 25.7 Å². The van der Waals surface area contributed by atoms with Crippen molar-refractivity contribution in [1.82, 2.24) is 5.32 Å². The van der Waals surface area contributed by atoms with Crippen LogP contribution in [0.25, 0.3) is 0 Å². The van der Waals surface area contributed by atoms with E-state index in [9.17, 15) is 0 Å². The average molecular weight is 198 g/mol. The minimum atomic E-state index is 0.108. The van der Waals surface area contributed by atoms with Gasteiger partial charge in [-0.05, 0) is 25.7 Å². The van der Waals surface area contributed by atoms with Crippen LogP contribution in [-0.4, -0.2) is 35.2 Å². The summed E-state index contributed by atoms with van der Waals surface area (Å²) in [4.78, 5) is 0. The molecular weight excluding hydrogens is 180 g/mol. The Morgan fingerprint density at radius 2 is 2.21 bits per heavy atom. The molecule has 4 nitrogen and oxygen atoms in total. The molecule has 1 aliphatic carbocycles. The molecule has 4 heteroatoms. The Hall–Kier alpha value is -0.870. The van der Waals surface area contributed by atoms with Crippen LogP contribution >= 0.6 is 0 Å². The first-order valence-corrected chi connectivity index (χ1v) is 5.08. The van der Waals surface area contributed by atoms with Gasteiger partial charge in [0, 0.05) is 12.6 Å². The summed E-state index contributed by atoms with van der Waals surface area (Å²) in [5.41, 5.74) is 0.794. The third kappa shape index (κ3) is 3.47. The molecule has 0 bridgehead atoms. The zero-order chi connectivity index (χ0) is 10.2. The summed E-state index contributed by atoms with van der Waals surface area (Å²) in [6.07, 6.45) is 7.90. The number of nitrogens with zero attached hydrogens (tertiary/aromatic N) is 1. The lowest BCUT2D eigenvalue weighted by atomic mass is 9.99. The van der Waals surface area contributed by atoms with Gasteiger partial charge in [0.25, 0.3) is 0 Å².